The molecule has 1 aromatic rings. The van der Waals surface area contributed by atoms with Gasteiger partial charge < -0.3 is 15.0 Å². The van der Waals surface area contributed by atoms with Gasteiger partial charge in [0.05, 0.1) is 6.54 Å². The van der Waals surface area contributed by atoms with Gasteiger partial charge in [0.25, 0.3) is 6.43 Å². The molecule has 88 valence electrons. The van der Waals surface area contributed by atoms with Crippen molar-refractivity contribution in [1.29, 1.82) is 0 Å². The Morgan fingerprint density at radius 1 is 1.50 bits per heavy atom. The minimum Gasteiger partial charge on any atom is -0.477 e. The molecule has 0 aliphatic heterocycles. The van der Waals surface area contributed by atoms with Crippen LogP contribution in [-0.4, -0.2) is 34.5 Å². The lowest BCUT2D eigenvalue weighted by atomic mass is 10.4. The zero-order chi connectivity index (χ0) is 12.1. The first-order chi connectivity index (χ1) is 7.50. The van der Waals surface area contributed by atoms with Crippen LogP contribution in [-0.2, 0) is 11.3 Å². The van der Waals surface area contributed by atoms with E-state index < -0.39 is 24.8 Å². The van der Waals surface area contributed by atoms with Crippen LogP contribution < -0.4 is 5.32 Å². The van der Waals surface area contributed by atoms with E-state index in [1.807, 2.05) is 5.32 Å². The Bertz CT molecular complexity index is 390. The fraction of sp³-hybridized carbons (Fsp3) is 0.333. The number of nitrogens with one attached hydrogen (secondary N) is 1. The Balaban J connectivity index is 2.56. The van der Waals surface area contributed by atoms with Crippen LogP contribution in [0.3, 0.4) is 0 Å². The molecule has 0 unspecified atom stereocenters. The molecule has 16 heavy (non-hydrogen) atoms. The number of aromatic carboxylic acids is 1. The zero-order valence-electron chi connectivity index (χ0n) is 8.19. The lowest BCUT2D eigenvalue weighted by Gasteiger charge is -2.07. The van der Waals surface area contributed by atoms with Crippen molar-refractivity contribution < 1.29 is 23.5 Å². The first-order valence-corrected chi connectivity index (χ1v) is 4.44. The van der Waals surface area contributed by atoms with E-state index in [4.69, 9.17) is 5.11 Å². The molecule has 2 N–H and O–H groups in total. The van der Waals surface area contributed by atoms with Crippen LogP contribution in [0.4, 0.5) is 8.78 Å². The van der Waals surface area contributed by atoms with E-state index >= 15 is 0 Å². The quantitative estimate of drug-likeness (QED) is 0.779. The average molecular weight is 232 g/mol. The normalized spacial score (nSPS) is 10.4. The number of hydrogen-bond acceptors (Lipinski definition) is 2. The fourth-order valence-corrected chi connectivity index (χ4v) is 1.15. The van der Waals surface area contributed by atoms with Crippen LogP contribution in [0.2, 0.25) is 0 Å². The van der Waals surface area contributed by atoms with Crippen LogP contribution in [0.5, 0.6) is 0 Å². The summed E-state index contributed by atoms with van der Waals surface area (Å²) in [7, 11) is 0. The lowest BCUT2D eigenvalue weighted by molar-refractivity contribution is -0.122. The number of halogens is 2. The highest BCUT2D eigenvalue weighted by molar-refractivity contribution is 5.86. The zero-order valence-corrected chi connectivity index (χ0v) is 8.19. The molecule has 1 aromatic heterocycles. The summed E-state index contributed by atoms with van der Waals surface area (Å²) in [6, 6.07) is 2.78. The predicted octanol–water partition coefficient (Wildman–Crippen LogP) is 0.568. The molecule has 7 heteroatoms. The molecule has 1 amide bonds. The summed E-state index contributed by atoms with van der Waals surface area (Å²) in [5.41, 5.74) is -0.0628. The third kappa shape index (κ3) is 3.34. The fourth-order valence-electron chi connectivity index (χ4n) is 1.15. The van der Waals surface area contributed by atoms with Crippen molar-refractivity contribution in [3.63, 3.8) is 0 Å². The number of carbonyl (C=O) groups is 2. The van der Waals surface area contributed by atoms with Gasteiger partial charge in [-0.1, -0.05) is 0 Å². The SMILES string of the molecule is O=C(Cn1cccc1C(=O)O)NCC(F)F. The molecular formula is C9H10F2N2O3. The van der Waals surface area contributed by atoms with Gasteiger partial charge in [-0.05, 0) is 12.1 Å². The molecule has 0 saturated carbocycles. The molecule has 0 fully saturated rings. The molecule has 1 rings (SSSR count). The van der Waals surface area contributed by atoms with Crippen molar-refractivity contribution >= 4 is 11.9 Å². The molecule has 0 atom stereocenters. The van der Waals surface area contributed by atoms with E-state index in [0.717, 1.165) is 0 Å². The van der Waals surface area contributed by atoms with Crippen LogP contribution in [0, 0.1) is 0 Å². The monoisotopic (exact) mass is 232 g/mol. The summed E-state index contributed by atoms with van der Waals surface area (Å²) in [6.45, 7) is -1.02. The number of nitrogens with zero attached hydrogens (tertiary/aromatic N) is 1. The third-order valence-corrected chi connectivity index (χ3v) is 1.82. The Morgan fingerprint density at radius 3 is 2.75 bits per heavy atom. The molecule has 0 radical (unpaired) electrons. The van der Waals surface area contributed by atoms with Crippen molar-refractivity contribution in [2.75, 3.05) is 6.54 Å². The summed E-state index contributed by atoms with van der Waals surface area (Å²) in [5, 5.41) is 10.7. The van der Waals surface area contributed by atoms with Gasteiger partial charge in [-0.2, -0.15) is 0 Å². The second-order valence-electron chi connectivity index (χ2n) is 3.02. The highest BCUT2D eigenvalue weighted by atomic mass is 19.3. The predicted molar refractivity (Wildman–Crippen MR) is 50.4 cm³/mol. The third-order valence-electron chi connectivity index (χ3n) is 1.82. The van der Waals surface area contributed by atoms with Crippen molar-refractivity contribution in [2.24, 2.45) is 0 Å². The van der Waals surface area contributed by atoms with Crippen LogP contribution >= 0.6 is 0 Å². The molecule has 0 aliphatic rings. The second-order valence-corrected chi connectivity index (χ2v) is 3.02. The first-order valence-electron chi connectivity index (χ1n) is 4.44. The minimum atomic E-state index is -2.62. The average Bonchev–Trinajstić information content (AvgIpc) is 2.62. The summed E-state index contributed by atoms with van der Waals surface area (Å²) in [4.78, 5) is 21.8. The highest BCUT2D eigenvalue weighted by Gasteiger charge is 2.12. The van der Waals surface area contributed by atoms with Gasteiger partial charge in [0.15, 0.2) is 0 Å². The van der Waals surface area contributed by atoms with E-state index in [2.05, 4.69) is 0 Å². The number of carbonyl (C=O) groups excluding carboxylic acids is 1. The standard InChI is InChI=1S/C9H10F2N2O3/c10-7(11)4-12-8(14)5-13-3-1-2-6(13)9(15)16/h1-3,7H,4-5H2,(H,12,14)(H,15,16). The van der Waals surface area contributed by atoms with Crippen LogP contribution in [0.1, 0.15) is 10.5 Å². The maximum absolute atomic E-state index is 11.8. The van der Waals surface area contributed by atoms with Gasteiger partial charge in [0.1, 0.15) is 12.2 Å². The Morgan fingerprint density at radius 2 is 2.19 bits per heavy atom. The van der Waals surface area contributed by atoms with E-state index in [1.54, 1.807) is 0 Å². The van der Waals surface area contributed by atoms with E-state index in [0.29, 0.717) is 0 Å². The topological polar surface area (TPSA) is 71.3 Å². The van der Waals surface area contributed by atoms with Gasteiger partial charge in [-0.3, -0.25) is 4.79 Å². The van der Waals surface area contributed by atoms with Crippen LogP contribution in [0.25, 0.3) is 0 Å². The number of amides is 1. The largest absolute Gasteiger partial charge is 0.477 e. The van der Waals surface area contributed by atoms with Gasteiger partial charge in [-0.15, -0.1) is 0 Å². The molecule has 0 aromatic carbocycles. The first kappa shape index (κ1) is 12.2. The number of hydrogen-bond donors (Lipinski definition) is 2. The van der Waals surface area contributed by atoms with E-state index in [1.165, 1.54) is 22.9 Å². The van der Waals surface area contributed by atoms with Gasteiger partial charge in [0, 0.05) is 6.20 Å². The molecule has 0 spiro atoms. The summed E-state index contributed by atoms with van der Waals surface area (Å²) in [5.74, 6) is -1.83. The van der Waals surface area contributed by atoms with Crippen molar-refractivity contribution in [2.45, 2.75) is 13.0 Å². The van der Waals surface area contributed by atoms with Gasteiger partial charge in [0.2, 0.25) is 5.91 Å². The Kier molecular flexibility index (Phi) is 3.98. The van der Waals surface area contributed by atoms with Crippen molar-refractivity contribution in [3.8, 4) is 0 Å². The molecule has 0 bridgehead atoms. The van der Waals surface area contributed by atoms with Gasteiger partial charge >= 0.3 is 5.97 Å². The second kappa shape index (κ2) is 5.24. The van der Waals surface area contributed by atoms with Gasteiger partial charge in [-0.25, -0.2) is 13.6 Å². The highest BCUT2D eigenvalue weighted by Crippen LogP contribution is 2.01. The number of alkyl halides is 2. The molecular weight excluding hydrogens is 222 g/mol. The summed E-state index contributed by atoms with van der Waals surface area (Å²) < 4.78 is 24.7. The maximum Gasteiger partial charge on any atom is 0.352 e. The number of carboxylic acids is 1. The van der Waals surface area contributed by atoms with Crippen molar-refractivity contribution in [1.82, 2.24) is 9.88 Å². The maximum atomic E-state index is 11.8. The number of carboxylic acid groups (broad SMARTS) is 1. The van der Waals surface area contributed by atoms with Crippen molar-refractivity contribution in [3.05, 3.63) is 24.0 Å². The number of aromatic nitrogens is 1. The summed E-state index contributed by atoms with van der Waals surface area (Å²) >= 11 is 0. The van der Waals surface area contributed by atoms with E-state index in [-0.39, 0.29) is 12.2 Å². The Labute approximate surface area is 89.7 Å². The number of rotatable bonds is 5. The lowest BCUT2D eigenvalue weighted by Crippen LogP contribution is -2.32. The van der Waals surface area contributed by atoms with E-state index in [9.17, 15) is 18.4 Å². The molecule has 1 heterocycles. The molecule has 5 nitrogen and oxygen atoms in total. The minimum absolute atomic E-state index is 0.0628. The smallest absolute Gasteiger partial charge is 0.352 e. The molecule has 0 aliphatic carbocycles. The Hall–Kier alpha value is -1.92. The summed E-state index contributed by atoms with van der Waals surface area (Å²) in [6.07, 6.45) is -1.22. The molecule has 0 saturated heterocycles. The van der Waals surface area contributed by atoms with Crippen LogP contribution in [0.15, 0.2) is 18.3 Å².